The lowest BCUT2D eigenvalue weighted by Crippen LogP contribution is -2.47. The maximum absolute atomic E-state index is 13.2. The Labute approximate surface area is 179 Å². The molecule has 2 fully saturated rings. The van der Waals surface area contributed by atoms with Crippen molar-refractivity contribution in [3.05, 3.63) is 65.7 Å². The number of aromatic amines is 1. The van der Waals surface area contributed by atoms with E-state index in [0.717, 1.165) is 11.1 Å². The van der Waals surface area contributed by atoms with E-state index in [2.05, 4.69) is 15.4 Å². The third-order valence-corrected chi connectivity index (χ3v) is 5.82. The average Bonchev–Trinajstić information content (AvgIpc) is 3.06. The van der Waals surface area contributed by atoms with Crippen LogP contribution in [0.1, 0.15) is 15.9 Å². The van der Waals surface area contributed by atoms with Crippen molar-refractivity contribution in [1.82, 2.24) is 25.2 Å². The highest BCUT2D eigenvalue weighted by atomic mass is 16.5. The van der Waals surface area contributed by atoms with E-state index in [4.69, 9.17) is 4.74 Å². The van der Waals surface area contributed by atoms with Crippen molar-refractivity contribution in [3.8, 4) is 0 Å². The van der Waals surface area contributed by atoms with Gasteiger partial charge >= 0.3 is 0 Å². The quantitative estimate of drug-likeness (QED) is 0.658. The van der Waals surface area contributed by atoms with E-state index < -0.39 is 0 Å². The number of fused-ring (bicyclic) bond motifs is 4. The monoisotopic (exact) mass is 417 g/mol. The van der Waals surface area contributed by atoms with Gasteiger partial charge in [0, 0.05) is 37.2 Å². The number of amides is 2. The lowest BCUT2D eigenvalue weighted by molar-refractivity contribution is -0.128. The van der Waals surface area contributed by atoms with Gasteiger partial charge < -0.3 is 14.5 Å². The molecule has 31 heavy (non-hydrogen) atoms. The van der Waals surface area contributed by atoms with Crippen molar-refractivity contribution in [2.45, 2.75) is 6.04 Å². The molecule has 2 aromatic carbocycles. The summed E-state index contributed by atoms with van der Waals surface area (Å²) >= 11 is 0. The molecule has 5 rings (SSSR count). The summed E-state index contributed by atoms with van der Waals surface area (Å²) in [6.07, 6.45) is 3.44. The first-order valence-electron chi connectivity index (χ1n) is 10.4. The highest BCUT2D eigenvalue weighted by molar-refractivity contribution is 5.97. The minimum absolute atomic E-state index is 0.0531. The number of benzene rings is 2. The largest absolute Gasteiger partial charge is 0.379 e. The van der Waals surface area contributed by atoms with Gasteiger partial charge in [-0.3, -0.25) is 9.59 Å². The van der Waals surface area contributed by atoms with Gasteiger partial charge in [0.2, 0.25) is 5.91 Å². The number of nitrogens with one attached hydrogen (secondary N) is 1. The Balaban J connectivity index is 1.35. The first-order chi connectivity index (χ1) is 15.2. The van der Waals surface area contributed by atoms with E-state index >= 15 is 0 Å². The third kappa shape index (κ3) is 4.06. The second-order valence-electron chi connectivity index (χ2n) is 8.03. The zero-order chi connectivity index (χ0) is 21.2. The third-order valence-electron chi connectivity index (χ3n) is 5.82. The number of aromatic nitrogens is 3. The minimum atomic E-state index is -0.180. The molecular formula is C23H23N5O3. The number of carbonyl (C=O) groups is 2. The molecule has 0 aliphatic carbocycles. The van der Waals surface area contributed by atoms with Crippen LogP contribution in [0.4, 0.5) is 0 Å². The summed E-state index contributed by atoms with van der Waals surface area (Å²) in [6.45, 7) is 2.53. The first kappa shape index (κ1) is 19.4. The van der Waals surface area contributed by atoms with E-state index in [1.54, 1.807) is 24.3 Å². The predicted octanol–water partition coefficient (Wildman–Crippen LogP) is 1.97. The molecule has 2 bridgehead atoms. The number of nitrogens with zero attached hydrogens (tertiary/aromatic N) is 4. The van der Waals surface area contributed by atoms with Crippen LogP contribution in [-0.2, 0) is 9.53 Å². The van der Waals surface area contributed by atoms with Gasteiger partial charge in [0.05, 0.1) is 19.3 Å². The summed E-state index contributed by atoms with van der Waals surface area (Å²) in [5.74, 6) is -0.0418. The summed E-state index contributed by atoms with van der Waals surface area (Å²) in [7, 11) is 0. The highest BCUT2D eigenvalue weighted by Crippen LogP contribution is 2.23. The van der Waals surface area contributed by atoms with E-state index in [9.17, 15) is 9.59 Å². The second-order valence-corrected chi connectivity index (χ2v) is 8.03. The molecule has 1 aromatic heterocycles. The molecule has 3 aromatic rings. The van der Waals surface area contributed by atoms with Crippen LogP contribution in [0.15, 0.2) is 54.6 Å². The lowest BCUT2D eigenvalue weighted by atomic mass is 10.1. The molecule has 2 aliphatic heterocycles. The van der Waals surface area contributed by atoms with Crippen LogP contribution in [0.5, 0.6) is 0 Å². The number of hydrogen-bond donors (Lipinski definition) is 1. The number of ether oxygens (including phenoxy) is 1. The van der Waals surface area contributed by atoms with Crippen molar-refractivity contribution in [2.75, 3.05) is 32.8 Å². The van der Waals surface area contributed by atoms with Crippen LogP contribution in [0, 0.1) is 5.92 Å². The van der Waals surface area contributed by atoms with Gasteiger partial charge in [-0.2, -0.15) is 15.4 Å². The molecule has 0 spiro atoms. The Kier molecular flexibility index (Phi) is 5.21. The van der Waals surface area contributed by atoms with Crippen LogP contribution in [-0.4, -0.2) is 75.9 Å². The van der Waals surface area contributed by atoms with Crippen LogP contribution in [0.3, 0.4) is 0 Å². The molecule has 2 aliphatic rings. The number of rotatable bonds is 3. The SMILES string of the molecule is O=C(c1ccc2n[nH]nc2c1)N1C[C@@H]2COC[C@H](C1)N(C(=O)C=Cc1ccccc1)C2. The van der Waals surface area contributed by atoms with Crippen molar-refractivity contribution in [3.63, 3.8) is 0 Å². The van der Waals surface area contributed by atoms with Crippen LogP contribution in [0.2, 0.25) is 0 Å². The second kappa shape index (κ2) is 8.31. The van der Waals surface area contributed by atoms with Crippen molar-refractivity contribution >= 4 is 28.9 Å². The molecule has 0 unspecified atom stereocenters. The van der Waals surface area contributed by atoms with Gasteiger partial charge in [-0.05, 0) is 29.8 Å². The number of hydrogen-bond acceptors (Lipinski definition) is 5. The zero-order valence-corrected chi connectivity index (χ0v) is 17.0. The fourth-order valence-electron chi connectivity index (χ4n) is 4.26. The van der Waals surface area contributed by atoms with E-state index in [-0.39, 0.29) is 23.8 Å². The van der Waals surface area contributed by atoms with Gasteiger partial charge in [-0.1, -0.05) is 30.3 Å². The van der Waals surface area contributed by atoms with Crippen molar-refractivity contribution < 1.29 is 14.3 Å². The summed E-state index contributed by atoms with van der Waals surface area (Å²) in [6, 6.07) is 14.9. The molecule has 0 saturated carbocycles. The minimum Gasteiger partial charge on any atom is -0.379 e. The average molecular weight is 417 g/mol. The molecule has 8 heteroatoms. The van der Waals surface area contributed by atoms with E-state index in [1.165, 1.54) is 0 Å². The molecule has 2 atom stereocenters. The molecule has 2 amide bonds. The molecule has 158 valence electrons. The van der Waals surface area contributed by atoms with Gasteiger partial charge in [-0.25, -0.2) is 0 Å². The summed E-state index contributed by atoms with van der Waals surface area (Å²) in [4.78, 5) is 29.9. The summed E-state index contributed by atoms with van der Waals surface area (Å²) < 4.78 is 5.81. The standard InChI is InChI=1S/C23H23N5O3/c29-22(9-6-16-4-2-1-3-5-16)28-12-17-11-27(13-19(28)15-31-14-17)23(30)18-7-8-20-21(10-18)25-26-24-20/h1-10,17,19H,11-15H2,(H,24,25,26)/t17-,19-/m0/s1. The molecule has 2 saturated heterocycles. The first-order valence-corrected chi connectivity index (χ1v) is 10.4. The van der Waals surface area contributed by atoms with Crippen LogP contribution < -0.4 is 0 Å². The Morgan fingerprint density at radius 2 is 1.84 bits per heavy atom. The Morgan fingerprint density at radius 3 is 2.71 bits per heavy atom. The van der Waals surface area contributed by atoms with Gasteiger partial charge in [-0.15, -0.1) is 0 Å². The number of carbonyl (C=O) groups excluding carboxylic acids is 2. The maximum Gasteiger partial charge on any atom is 0.254 e. The van der Waals surface area contributed by atoms with Gasteiger partial charge in [0.15, 0.2) is 0 Å². The van der Waals surface area contributed by atoms with Gasteiger partial charge in [0.25, 0.3) is 5.91 Å². The normalized spacial score (nSPS) is 21.4. The fraction of sp³-hybridized carbons (Fsp3) is 0.304. The fourth-order valence-corrected chi connectivity index (χ4v) is 4.26. The smallest absolute Gasteiger partial charge is 0.254 e. The van der Waals surface area contributed by atoms with Crippen molar-refractivity contribution in [1.29, 1.82) is 0 Å². The molecular weight excluding hydrogens is 394 g/mol. The summed E-state index contributed by atoms with van der Waals surface area (Å²) in [5, 5.41) is 10.7. The van der Waals surface area contributed by atoms with Crippen LogP contribution >= 0.6 is 0 Å². The lowest BCUT2D eigenvalue weighted by Gasteiger charge is -2.30. The Bertz CT molecular complexity index is 1130. The topological polar surface area (TPSA) is 91.4 Å². The molecule has 8 nitrogen and oxygen atoms in total. The van der Waals surface area contributed by atoms with Gasteiger partial charge in [0.1, 0.15) is 11.0 Å². The van der Waals surface area contributed by atoms with Crippen molar-refractivity contribution in [2.24, 2.45) is 5.92 Å². The molecule has 1 N–H and O–H groups in total. The predicted molar refractivity (Wildman–Crippen MR) is 115 cm³/mol. The number of H-pyrrole nitrogens is 1. The maximum atomic E-state index is 13.2. The Morgan fingerprint density at radius 1 is 1.00 bits per heavy atom. The zero-order valence-electron chi connectivity index (χ0n) is 17.0. The van der Waals surface area contributed by atoms with Crippen LogP contribution in [0.25, 0.3) is 17.1 Å². The summed E-state index contributed by atoms with van der Waals surface area (Å²) in [5.41, 5.74) is 2.93. The van der Waals surface area contributed by atoms with E-state index in [1.807, 2.05) is 46.2 Å². The van der Waals surface area contributed by atoms with E-state index in [0.29, 0.717) is 43.9 Å². The molecule has 0 radical (unpaired) electrons. The highest BCUT2D eigenvalue weighted by Gasteiger charge is 2.37. The Hall–Kier alpha value is -3.52. The molecule has 3 heterocycles.